The lowest BCUT2D eigenvalue weighted by molar-refractivity contribution is 0.0972. The van der Waals surface area contributed by atoms with Crippen molar-refractivity contribution in [3.05, 3.63) is 58.8 Å². The maximum absolute atomic E-state index is 12.4. The summed E-state index contributed by atoms with van der Waals surface area (Å²) in [6, 6.07) is 7.88. The fourth-order valence-electron chi connectivity index (χ4n) is 3.82. The summed E-state index contributed by atoms with van der Waals surface area (Å²) in [5.74, 6) is 0.709. The number of rotatable bonds is 7. The van der Waals surface area contributed by atoms with Crippen LogP contribution in [0.5, 0.6) is 5.75 Å². The standard InChI is InChI=1S/C16H12N4O3.C8H18.C2H6/c21-10-3-1-2-9(6-10)13(22)8-20-12-7-18-15-11(4-5-17-15)14(12)19-16(20)23;1-4-6-8(3)7-5-2;1-2/h1-7,21H,8H2,(H,17,18)(H,19,23);8H,4-7H2,1-3H3;1-2H3. The number of aromatic nitrogens is 4. The number of hydrogen-bond acceptors (Lipinski definition) is 4. The van der Waals surface area contributed by atoms with E-state index < -0.39 is 0 Å². The number of aromatic hydroxyl groups is 1. The Balaban J connectivity index is 0.000000330. The van der Waals surface area contributed by atoms with Gasteiger partial charge < -0.3 is 15.1 Å². The van der Waals surface area contributed by atoms with E-state index >= 15 is 0 Å². The summed E-state index contributed by atoms with van der Waals surface area (Å²) in [5.41, 5.74) is 1.86. The van der Waals surface area contributed by atoms with Gasteiger partial charge in [-0.3, -0.25) is 9.36 Å². The first-order valence-corrected chi connectivity index (χ1v) is 11.8. The van der Waals surface area contributed by atoms with Gasteiger partial charge >= 0.3 is 5.69 Å². The van der Waals surface area contributed by atoms with E-state index in [9.17, 15) is 14.7 Å². The molecule has 3 aromatic heterocycles. The van der Waals surface area contributed by atoms with Gasteiger partial charge in [0.25, 0.3) is 0 Å². The van der Waals surface area contributed by atoms with E-state index in [1.54, 1.807) is 24.5 Å². The Morgan fingerprint density at radius 1 is 1.15 bits per heavy atom. The fraction of sp³-hybridized carbons (Fsp3) is 0.423. The van der Waals surface area contributed by atoms with Gasteiger partial charge in [-0.2, -0.15) is 0 Å². The molecule has 0 aliphatic carbocycles. The number of phenols is 1. The lowest BCUT2D eigenvalue weighted by atomic mass is 10.0. The Hall–Kier alpha value is -3.35. The molecular formula is C26H36N4O3. The van der Waals surface area contributed by atoms with Gasteiger partial charge in [-0.15, -0.1) is 0 Å². The van der Waals surface area contributed by atoms with Crippen LogP contribution in [0.3, 0.4) is 0 Å². The Morgan fingerprint density at radius 3 is 2.48 bits per heavy atom. The van der Waals surface area contributed by atoms with Crippen molar-refractivity contribution in [3.63, 3.8) is 0 Å². The van der Waals surface area contributed by atoms with E-state index in [1.807, 2.05) is 19.9 Å². The third kappa shape index (κ3) is 6.57. The quantitative estimate of drug-likeness (QED) is 0.297. The van der Waals surface area contributed by atoms with Crippen LogP contribution in [-0.4, -0.2) is 30.4 Å². The average Bonchev–Trinajstić information content (AvgIpc) is 3.40. The second-order valence-electron chi connectivity index (χ2n) is 7.93. The zero-order valence-corrected chi connectivity index (χ0v) is 20.3. The van der Waals surface area contributed by atoms with Crippen molar-refractivity contribution >= 4 is 27.9 Å². The van der Waals surface area contributed by atoms with Gasteiger partial charge in [-0.25, -0.2) is 9.78 Å². The van der Waals surface area contributed by atoms with E-state index in [-0.39, 0.29) is 23.8 Å². The maximum Gasteiger partial charge on any atom is 0.326 e. The third-order valence-corrected chi connectivity index (χ3v) is 5.37. The van der Waals surface area contributed by atoms with Crippen LogP contribution in [0.1, 0.15) is 70.7 Å². The van der Waals surface area contributed by atoms with Gasteiger partial charge in [0.15, 0.2) is 5.78 Å². The molecule has 0 radical (unpaired) electrons. The lowest BCUT2D eigenvalue weighted by Gasteiger charge is -2.05. The van der Waals surface area contributed by atoms with Crippen molar-refractivity contribution in [2.45, 2.75) is 66.8 Å². The number of aromatic amines is 2. The predicted octanol–water partition coefficient (Wildman–Crippen LogP) is 6.04. The van der Waals surface area contributed by atoms with Gasteiger partial charge in [0, 0.05) is 17.1 Å². The number of nitrogens with one attached hydrogen (secondary N) is 2. The number of H-pyrrole nitrogens is 2. The number of benzene rings is 1. The Bertz CT molecular complexity index is 1210. The molecule has 0 saturated heterocycles. The minimum Gasteiger partial charge on any atom is -0.508 e. The number of carbonyl (C=O) groups excluding carboxylic acids is 1. The van der Waals surface area contributed by atoms with Crippen LogP contribution in [0.25, 0.3) is 22.1 Å². The highest BCUT2D eigenvalue weighted by Crippen LogP contribution is 2.20. The molecule has 1 aromatic carbocycles. The van der Waals surface area contributed by atoms with Crippen LogP contribution in [0, 0.1) is 5.92 Å². The molecule has 178 valence electrons. The van der Waals surface area contributed by atoms with E-state index in [1.165, 1.54) is 42.4 Å². The van der Waals surface area contributed by atoms with Gasteiger partial charge in [0.05, 0.1) is 23.8 Å². The Kier molecular flexibility index (Phi) is 9.91. The molecule has 7 nitrogen and oxygen atoms in total. The molecule has 4 rings (SSSR count). The summed E-state index contributed by atoms with van der Waals surface area (Å²) in [7, 11) is 0. The van der Waals surface area contributed by atoms with Crippen LogP contribution in [-0.2, 0) is 6.54 Å². The van der Waals surface area contributed by atoms with Crippen molar-refractivity contribution in [1.29, 1.82) is 0 Å². The number of ketones is 1. The summed E-state index contributed by atoms with van der Waals surface area (Å²) in [6.45, 7) is 10.7. The summed E-state index contributed by atoms with van der Waals surface area (Å²) in [6.07, 6.45) is 8.82. The molecule has 33 heavy (non-hydrogen) atoms. The number of imidazole rings is 1. The summed E-state index contributed by atoms with van der Waals surface area (Å²) in [5, 5.41) is 10.3. The number of phenolic OH excluding ortho intramolecular Hbond substituents is 1. The minimum atomic E-state index is -0.371. The van der Waals surface area contributed by atoms with Crippen LogP contribution in [0.4, 0.5) is 0 Å². The SMILES string of the molecule is CC.CCCC(C)CCC.O=C(Cn1c(=O)[nH]c2c3cc[nH]c3ncc21)c1cccc(O)c1. The van der Waals surface area contributed by atoms with Crippen LogP contribution in [0.15, 0.2) is 47.5 Å². The minimum absolute atomic E-state index is 0.0119. The van der Waals surface area contributed by atoms with E-state index in [4.69, 9.17) is 0 Å². The van der Waals surface area contributed by atoms with E-state index in [0.29, 0.717) is 22.2 Å². The molecule has 0 unspecified atom stereocenters. The number of fused-ring (bicyclic) bond motifs is 3. The highest BCUT2D eigenvalue weighted by atomic mass is 16.3. The van der Waals surface area contributed by atoms with Crippen molar-refractivity contribution in [3.8, 4) is 5.75 Å². The van der Waals surface area contributed by atoms with Crippen LogP contribution in [0.2, 0.25) is 0 Å². The number of pyridine rings is 1. The van der Waals surface area contributed by atoms with Crippen LogP contribution < -0.4 is 5.69 Å². The molecule has 0 atom stereocenters. The Labute approximate surface area is 194 Å². The fourth-order valence-corrected chi connectivity index (χ4v) is 3.82. The smallest absolute Gasteiger partial charge is 0.326 e. The molecule has 7 heteroatoms. The topological polar surface area (TPSA) is 104 Å². The Morgan fingerprint density at radius 2 is 1.85 bits per heavy atom. The molecule has 0 amide bonds. The van der Waals surface area contributed by atoms with Crippen molar-refractivity contribution < 1.29 is 9.90 Å². The largest absolute Gasteiger partial charge is 0.508 e. The molecule has 4 aromatic rings. The van der Waals surface area contributed by atoms with Gasteiger partial charge in [0.2, 0.25) is 0 Å². The second-order valence-corrected chi connectivity index (χ2v) is 7.93. The van der Waals surface area contributed by atoms with E-state index in [0.717, 1.165) is 11.3 Å². The molecule has 3 heterocycles. The molecule has 0 spiro atoms. The summed E-state index contributed by atoms with van der Waals surface area (Å²) < 4.78 is 1.35. The number of nitrogens with zero attached hydrogens (tertiary/aromatic N) is 2. The summed E-state index contributed by atoms with van der Waals surface area (Å²) in [4.78, 5) is 34.6. The second kappa shape index (κ2) is 12.6. The number of Topliss-reactive ketones (excluding diaryl/α,β-unsaturated/α-hetero) is 1. The van der Waals surface area contributed by atoms with Crippen molar-refractivity contribution in [2.24, 2.45) is 5.92 Å². The van der Waals surface area contributed by atoms with Gasteiger partial charge in [0.1, 0.15) is 11.4 Å². The lowest BCUT2D eigenvalue weighted by Crippen LogP contribution is -2.21. The molecular weight excluding hydrogens is 416 g/mol. The third-order valence-electron chi connectivity index (χ3n) is 5.37. The first-order valence-electron chi connectivity index (χ1n) is 11.8. The zero-order valence-electron chi connectivity index (χ0n) is 20.3. The van der Waals surface area contributed by atoms with Crippen LogP contribution >= 0.6 is 0 Å². The molecule has 3 N–H and O–H groups in total. The molecule has 0 aliphatic rings. The zero-order chi connectivity index (χ0) is 24.4. The maximum atomic E-state index is 12.4. The van der Waals surface area contributed by atoms with Gasteiger partial charge in [-0.1, -0.05) is 72.4 Å². The normalized spacial score (nSPS) is 10.6. The first-order chi connectivity index (χ1) is 15.9. The van der Waals surface area contributed by atoms with Gasteiger partial charge in [-0.05, 0) is 24.1 Å². The van der Waals surface area contributed by atoms with Crippen molar-refractivity contribution in [2.75, 3.05) is 0 Å². The average molecular weight is 453 g/mol. The highest BCUT2D eigenvalue weighted by molar-refractivity contribution is 6.02. The van der Waals surface area contributed by atoms with E-state index in [2.05, 4.69) is 35.7 Å². The molecule has 0 saturated carbocycles. The molecule has 0 aliphatic heterocycles. The highest BCUT2D eigenvalue weighted by Gasteiger charge is 2.15. The monoisotopic (exact) mass is 452 g/mol. The first kappa shape index (κ1) is 25.9. The summed E-state index contributed by atoms with van der Waals surface area (Å²) >= 11 is 0. The number of carbonyl (C=O) groups is 1. The van der Waals surface area contributed by atoms with Crippen molar-refractivity contribution in [1.82, 2.24) is 19.5 Å². The predicted molar refractivity (Wildman–Crippen MR) is 135 cm³/mol. The number of hydrogen-bond donors (Lipinski definition) is 3. The molecule has 0 fully saturated rings. The molecule has 0 bridgehead atoms.